The van der Waals surface area contributed by atoms with Gasteiger partial charge < -0.3 is 10.8 Å². The highest BCUT2D eigenvalue weighted by Gasteiger charge is 2.09. The molecule has 2 atom stereocenters. The first kappa shape index (κ1) is 10.2. The smallest absolute Gasteiger partial charge is 0.0555 e. The number of rotatable bonds is 4. The summed E-state index contributed by atoms with van der Waals surface area (Å²) < 4.78 is 0. The van der Waals surface area contributed by atoms with Crippen molar-refractivity contribution in [1.82, 2.24) is 0 Å². The van der Waals surface area contributed by atoms with Crippen LogP contribution in [-0.2, 0) is 0 Å². The van der Waals surface area contributed by atoms with Crippen LogP contribution in [-0.4, -0.2) is 11.2 Å². The van der Waals surface area contributed by atoms with Crippen LogP contribution in [0, 0.1) is 0 Å². The minimum atomic E-state index is -0.282. The molecule has 0 aliphatic rings. The van der Waals surface area contributed by atoms with Crippen molar-refractivity contribution >= 4 is 0 Å². The van der Waals surface area contributed by atoms with Gasteiger partial charge in [-0.1, -0.05) is 37.3 Å². The highest BCUT2D eigenvalue weighted by molar-refractivity contribution is 5.18. The van der Waals surface area contributed by atoms with Crippen molar-refractivity contribution in [3.63, 3.8) is 0 Å². The van der Waals surface area contributed by atoms with Gasteiger partial charge in [0.05, 0.1) is 6.10 Å². The second-order valence-electron chi connectivity index (χ2n) is 3.31. The van der Waals surface area contributed by atoms with E-state index < -0.39 is 0 Å². The van der Waals surface area contributed by atoms with E-state index in [9.17, 15) is 5.11 Å². The Bertz CT molecular complexity index is 235. The molecular weight excluding hydrogens is 162 g/mol. The van der Waals surface area contributed by atoms with Crippen molar-refractivity contribution in [1.29, 1.82) is 0 Å². The number of hydrogen-bond acceptors (Lipinski definition) is 2. The average molecular weight is 179 g/mol. The van der Waals surface area contributed by atoms with Crippen LogP contribution < -0.4 is 5.73 Å². The molecule has 1 aromatic rings. The molecular formula is C11H17NO. The third-order valence-electron chi connectivity index (χ3n) is 2.22. The van der Waals surface area contributed by atoms with E-state index in [1.165, 1.54) is 0 Å². The first-order chi connectivity index (χ1) is 6.24. The normalized spacial score (nSPS) is 15.3. The monoisotopic (exact) mass is 179 g/mol. The highest BCUT2D eigenvalue weighted by Crippen LogP contribution is 2.16. The second-order valence-corrected chi connectivity index (χ2v) is 3.31. The SMILES string of the molecule is CC[C@@H](O)C[C@@H](N)c1ccccc1. The fraction of sp³-hybridized carbons (Fsp3) is 0.455. The molecule has 0 saturated carbocycles. The third-order valence-corrected chi connectivity index (χ3v) is 2.22. The molecule has 0 aliphatic heterocycles. The van der Waals surface area contributed by atoms with Crippen LogP contribution in [0.2, 0.25) is 0 Å². The van der Waals surface area contributed by atoms with Crippen molar-refractivity contribution in [2.45, 2.75) is 31.9 Å². The highest BCUT2D eigenvalue weighted by atomic mass is 16.3. The van der Waals surface area contributed by atoms with Crippen molar-refractivity contribution in [3.8, 4) is 0 Å². The lowest BCUT2D eigenvalue weighted by Gasteiger charge is -2.15. The number of benzene rings is 1. The van der Waals surface area contributed by atoms with Crippen molar-refractivity contribution in [3.05, 3.63) is 35.9 Å². The lowest BCUT2D eigenvalue weighted by atomic mass is 10.0. The van der Waals surface area contributed by atoms with Gasteiger partial charge >= 0.3 is 0 Å². The molecule has 13 heavy (non-hydrogen) atoms. The molecule has 1 rings (SSSR count). The molecule has 0 unspecified atom stereocenters. The Morgan fingerprint density at radius 1 is 1.31 bits per heavy atom. The van der Waals surface area contributed by atoms with Crippen LogP contribution >= 0.6 is 0 Å². The van der Waals surface area contributed by atoms with Crippen LogP contribution in [0.1, 0.15) is 31.4 Å². The minimum absolute atomic E-state index is 0.0452. The Morgan fingerprint density at radius 3 is 2.46 bits per heavy atom. The van der Waals surface area contributed by atoms with Crippen molar-refractivity contribution in [2.24, 2.45) is 5.73 Å². The zero-order chi connectivity index (χ0) is 9.68. The van der Waals surface area contributed by atoms with Gasteiger partial charge in [-0.15, -0.1) is 0 Å². The van der Waals surface area contributed by atoms with E-state index in [1.54, 1.807) is 0 Å². The summed E-state index contributed by atoms with van der Waals surface area (Å²) in [5.74, 6) is 0. The van der Waals surface area contributed by atoms with Crippen LogP contribution in [0.15, 0.2) is 30.3 Å². The van der Waals surface area contributed by atoms with E-state index in [4.69, 9.17) is 5.73 Å². The first-order valence-electron chi connectivity index (χ1n) is 4.72. The summed E-state index contributed by atoms with van der Waals surface area (Å²) in [6.45, 7) is 1.96. The summed E-state index contributed by atoms with van der Waals surface area (Å²) in [5.41, 5.74) is 7.00. The lowest BCUT2D eigenvalue weighted by molar-refractivity contribution is 0.151. The largest absolute Gasteiger partial charge is 0.393 e. The quantitative estimate of drug-likeness (QED) is 0.741. The van der Waals surface area contributed by atoms with Crippen LogP contribution in [0.25, 0.3) is 0 Å². The molecule has 0 radical (unpaired) electrons. The number of aliphatic hydroxyl groups is 1. The zero-order valence-electron chi connectivity index (χ0n) is 7.98. The first-order valence-corrected chi connectivity index (χ1v) is 4.72. The summed E-state index contributed by atoms with van der Waals surface area (Å²) in [6.07, 6.45) is 1.12. The standard InChI is InChI=1S/C11H17NO/c1-2-10(13)8-11(12)9-6-4-3-5-7-9/h3-7,10-11,13H,2,8,12H2,1H3/t10-,11-/m1/s1. The van der Waals surface area contributed by atoms with Gasteiger partial charge in [-0.2, -0.15) is 0 Å². The molecule has 1 aromatic carbocycles. The number of hydrogen-bond donors (Lipinski definition) is 2. The maximum absolute atomic E-state index is 9.41. The molecule has 0 amide bonds. The lowest BCUT2D eigenvalue weighted by Crippen LogP contribution is -2.17. The fourth-order valence-electron chi connectivity index (χ4n) is 1.30. The Kier molecular flexibility index (Phi) is 3.93. The van der Waals surface area contributed by atoms with Gasteiger partial charge in [0.25, 0.3) is 0 Å². The summed E-state index contributed by atoms with van der Waals surface area (Å²) in [5, 5.41) is 9.41. The topological polar surface area (TPSA) is 46.2 Å². The minimum Gasteiger partial charge on any atom is -0.393 e. The predicted molar refractivity (Wildman–Crippen MR) is 54.3 cm³/mol. The molecule has 0 saturated heterocycles. The molecule has 0 fully saturated rings. The summed E-state index contributed by atoms with van der Waals surface area (Å²) in [6, 6.07) is 9.84. The maximum atomic E-state index is 9.41. The summed E-state index contributed by atoms with van der Waals surface area (Å²) in [4.78, 5) is 0. The molecule has 3 N–H and O–H groups in total. The Hall–Kier alpha value is -0.860. The Morgan fingerprint density at radius 2 is 1.92 bits per heavy atom. The van der Waals surface area contributed by atoms with Crippen LogP contribution in [0.4, 0.5) is 0 Å². The molecule has 2 nitrogen and oxygen atoms in total. The van der Waals surface area contributed by atoms with E-state index in [0.29, 0.717) is 6.42 Å². The van der Waals surface area contributed by atoms with E-state index >= 15 is 0 Å². The number of aliphatic hydroxyl groups excluding tert-OH is 1. The van der Waals surface area contributed by atoms with Gasteiger partial charge in [0, 0.05) is 6.04 Å². The predicted octanol–water partition coefficient (Wildman–Crippen LogP) is 1.85. The fourth-order valence-corrected chi connectivity index (χ4v) is 1.30. The van der Waals surface area contributed by atoms with Crippen LogP contribution in [0.3, 0.4) is 0 Å². The van der Waals surface area contributed by atoms with Gasteiger partial charge in [0.15, 0.2) is 0 Å². The van der Waals surface area contributed by atoms with E-state index in [0.717, 1.165) is 12.0 Å². The zero-order valence-corrected chi connectivity index (χ0v) is 7.98. The molecule has 2 heteroatoms. The van der Waals surface area contributed by atoms with Crippen LogP contribution in [0.5, 0.6) is 0 Å². The third kappa shape index (κ3) is 3.17. The van der Waals surface area contributed by atoms with Gasteiger partial charge in [0.1, 0.15) is 0 Å². The van der Waals surface area contributed by atoms with E-state index in [1.807, 2.05) is 37.3 Å². The average Bonchev–Trinajstić information content (AvgIpc) is 2.19. The van der Waals surface area contributed by atoms with Gasteiger partial charge in [-0.3, -0.25) is 0 Å². The van der Waals surface area contributed by atoms with Crippen molar-refractivity contribution in [2.75, 3.05) is 0 Å². The summed E-state index contributed by atoms with van der Waals surface area (Å²) in [7, 11) is 0. The molecule has 0 bridgehead atoms. The van der Waals surface area contributed by atoms with Gasteiger partial charge in [0.2, 0.25) is 0 Å². The number of nitrogens with two attached hydrogens (primary N) is 1. The molecule has 0 heterocycles. The summed E-state index contributed by atoms with van der Waals surface area (Å²) >= 11 is 0. The van der Waals surface area contributed by atoms with Gasteiger partial charge in [-0.25, -0.2) is 0 Å². The molecule has 0 aliphatic carbocycles. The Balaban J connectivity index is 2.53. The second kappa shape index (κ2) is 5.00. The molecule has 0 spiro atoms. The van der Waals surface area contributed by atoms with E-state index in [2.05, 4.69) is 0 Å². The Labute approximate surface area is 79.4 Å². The maximum Gasteiger partial charge on any atom is 0.0555 e. The molecule has 72 valence electrons. The van der Waals surface area contributed by atoms with E-state index in [-0.39, 0.29) is 12.1 Å². The van der Waals surface area contributed by atoms with Crippen molar-refractivity contribution < 1.29 is 5.11 Å². The molecule has 0 aromatic heterocycles. The van der Waals surface area contributed by atoms with Gasteiger partial charge in [-0.05, 0) is 18.4 Å².